The van der Waals surface area contributed by atoms with E-state index in [1.165, 1.54) is 6.92 Å². The van der Waals surface area contributed by atoms with Crippen LogP contribution in [0.3, 0.4) is 0 Å². The van der Waals surface area contributed by atoms with Crippen LogP contribution < -0.4 is 10.5 Å². The van der Waals surface area contributed by atoms with Crippen molar-refractivity contribution in [3.8, 4) is 5.75 Å². The van der Waals surface area contributed by atoms with Crippen molar-refractivity contribution < 1.29 is 14.6 Å². The highest BCUT2D eigenvalue weighted by Crippen LogP contribution is 2.23. The molecule has 3 N–H and O–H groups in total. The molecular weight excluding hydrogens is 232 g/mol. The zero-order chi connectivity index (χ0) is 13.2. The van der Waals surface area contributed by atoms with Gasteiger partial charge in [-0.15, -0.1) is 0 Å². The molecular formula is C13H14N2O3. The van der Waals surface area contributed by atoms with Crippen LogP contribution in [0.1, 0.15) is 6.92 Å². The molecule has 0 aliphatic rings. The van der Waals surface area contributed by atoms with Crippen molar-refractivity contribution in [2.24, 2.45) is 5.73 Å². The number of nitrogens with zero attached hydrogens (tertiary/aromatic N) is 1. The van der Waals surface area contributed by atoms with Crippen molar-refractivity contribution in [3.05, 3.63) is 36.5 Å². The molecule has 5 heteroatoms. The lowest BCUT2D eigenvalue weighted by molar-refractivity contribution is -0.143. The molecule has 0 saturated carbocycles. The van der Waals surface area contributed by atoms with Gasteiger partial charge in [0, 0.05) is 11.6 Å². The van der Waals surface area contributed by atoms with Crippen LogP contribution in [0.15, 0.2) is 36.5 Å². The molecule has 0 saturated heterocycles. The summed E-state index contributed by atoms with van der Waals surface area (Å²) < 4.78 is 5.48. The predicted molar refractivity (Wildman–Crippen MR) is 67.5 cm³/mol. The van der Waals surface area contributed by atoms with Crippen LogP contribution in [0.25, 0.3) is 10.9 Å². The van der Waals surface area contributed by atoms with Gasteiger partial charge < -0.3 is 15.6 Å². The number of ether oxygens (including phenoxy) is 1. The maximum atomic E-state index is 10.9. The molecule has 2 aromatic rings. The van der Waals surface area contributed by atoms with E-state index in [4.69, 9.17) is 15.6 Å². The number of aliphatic carboxylic acids is 1. The number of hydrogen-bond donors (Lipinski definition) is 2. The summed E-state index contributed by atoms with van der Waals surface area (Å²) in [5.41, 5.74) is 4.88. The molecule has 0 spiro atoms. The van der Waals surface area contributed by atoms with Gasteiger partial charge in [-0.2, -0.15) is 0 Å². The summed E-state index contributed by atoms with van der Waals surface area (Å²) in [6.07, 6.45) is 1.66. The molecule has 0 radical (unpaired) electrons. The monoisotopic (exact) mass is 246 g/mol. The van der Waals surface area contributed by atoms with E-state index in [9.17, 15) is 4.79 Å². The van der Waals surface area contributed by atoms with Crippen molar-refractivity contribution >= 4 is 16.9 Å². The minimum Gasteiger partial charge on any atom is -0.489 e. The molecule has 0 bridgehead atoms. The van der Waals surface area contributed by atoms with Crippen molar-refractivity contribution in [3.63, 3.8) is 0 Å². The number of hydrogen-bond acceptors (Lipinski definition) is 4. The molecule has 1 atom stereocenters. The Morgan fingerprint density at radius 1 is 1.44 bits per heavy atom. The standard InChI is InChI=1S/C13H14N2O3/c1-13(14,12(16)17)8-18-10-6-2-4-9-5-3-7-15-11(9)10/h2-7H,8,14H2,1H3,(H,16,17). The predicted octanol–water partition coefficient (Wildman–Crippen LogP) is 1.42. The Labute approximate surface area is 104 Å². The van der Waals surface area contributed by atoms with E-state index in [1.54, 1.807) is 12.3 Å². The Hall–Kier alpha value is -2.14. The van der Waals surface area contributed by atoms with Crippen LogP contribution in [0.4, 0.5) is 0 Å². The Kier molecular flexibility index (Phi) is 3.16. The number of carboxylic acid groups (broad SMARTS) is 1. The smallest absolute Gasteiger partial charge is 0.326 e. The first-order valence-corrected chi connectivity index (χ1v) is 5.49. The summed E-state index contributed by atoms with van der Waals surface area (Å²) in [7, 11) is 0. The van der Waals surface area contributed by atoms with Gasteiger partial charge in [-0.1, -0.05) is 18.2 Å². The first-order valence-electron chi connectivity index (χ1n) is 5.49. The van der Waals surface area contributed by atoms with Gasteiger partial charge in [-0.25, -0.2) is 0 Å². The highest BCUT2D eigenvalue weighted by atomic mass is 16.5. The third-order valence-electron chi connectivity index (χ3n) is 2.61. The fraction of sp³-hybridized carbons (Fsp3) is 0.231. The topological polar surface area (TPSA) is 85.4 Å². The first-order chi connectivity index (χ1) is 8.50. The van der Waals surface area contributed by atoms with Gasteiger partial charge in [0.25, 0.3) is 0 Å². The number of rotatable bonds is 4. The third kappa shape index (κ3) is 2.41. The Balaban J connectivity index is 2.25. The van der Waals surface area contributed by atoms with Crippen molar-refractivity contribution in [1.29, 1.82) is 0 Å². The second-order valence-electron chi connectivity index (χ2n) is 4.34. The number of nitrogens with two attached hydrogens (primary N) is 1. The van der Waals surface area contributed by atoms with Crippen molar-refractivity contribution in [2.45, 2.75) is 12.5 Å². The SMILES string of the molecule is CC(N)(COc1cccc2cccnc12)C(=O)O. The van der Waals surface area contributed by atoms with Crippen LogP contribution in [-0.2, 0) is 4.79 Å². The van der Waals surface area contributed by atoms with Gasteiger partial charge in [0.15, 0.2) is 0 Å². The van der Waals surface area contributed by atoms with E-state index >= 15 is 0 Å². The van der Waals surface area contributed by atoms with Gasteiger partial charge in [0.05, 0.1) is 0 Å². The van der Waals surface area contributed by atoms with Crippen LogP contribution >= 0.6 is 0 Å². The van der Waals surface area contributed by atoms with Gasteiger partial charge >= 0.3 is 5.97 Å². The Morgan fingerprint density at radius 2 is 2.17 bits per heavy atom. The lowest BCUT2D eigenvalue weighted by atomic mass is 10.1. The zero-order valence-corrected chi connectivity index (χ0v) is 9.96. The minimum atomic E-state index is -1.42. The molecule has 1 aromatic heterocycles. The molecule has 2 rings (SSSR count). The maximum Gasteiger partial charge on any atom is 0.326 e. The number of benzene rings is 1. The molecule has 1 aromatic carbocycles. The number of carboxylic acids is 1. The third-order valence-corrected chi connectivity index (χ3v) is 2.61. The fourth-order valence-corrected chi connectivity index (χ4v) is 1.48. The van der Waals surface area contributed by atoms with Crippen LogP contribution in [0.2, 0.25) is 0 Å². The number of para-hydroxylation sites is 1. The van der Waals surface area contributed by atoms with E-state index in [2.05, 4.69) is 4.98 Å². The van der Waals surface area contributed by atoms with Gasteiger partial charge in [0.2, 0.25) is 0 Å². The average molecular weight is 246 g/mol. The lowest BCUT2D eigenvalue weighted by Gasteiger charge is -2.19. The summed E-state index contributed by atoms with van der Waals surface area (Å²) in [6.45, 7) is 1.30. The van der Waals surface area contributed by atoms with E-state index in [1.807, 2.05) is 24.3 Å². The molecule has 0 fully saturated rings. The van der Waals surface area contributed by atoms with Crippen molar-refractivity contribution in [1.82, 2.24) is 4.98 Å². The van der Waals surface area contributed by atoms with E-state index < -0.39 is 11.5 Å². The van der Waals surface area contributed by atoms with Crippen LogP contribution in [0.5, 0.6) is 5.75 Å². The number of carbonyl (C=O) groups is 1. The van der Waals surface area contributed by atoms with Gasteiger partial charge in [0.1, 0.15) is 23.4 Å². The van der Waals surface area contributed by atoms with Crippen LogP contribution in [0, 0.1) is 0 Å². The second-order valence-corrected chi connectivity index (χ2v) is 4.34. The van der Waals surface area contributed by atoms with Gasteiger partial charge in [-0.05, 0) is 19.1 Å². The molecule has 18 heavy (non-hydrogen) atoms. The molecule has 0 amide bonds. The van der Waals surface area contributed by atoms with Crippen molar-refractivity contribution in [2.75, 3.05) is 6.61 Å². The van der Waals surface area contributed by atoms with E-state index in [-0.39, 0.29) is 6.61 Å². The molecule has 0 aliphatic heterocycles. The molecule has 0 aliphatic carbocycles. The summed E-state index contributed by atoms with van der Waals surface area (Å²) in [5, 5.41) is 9.85. The Morgan fingerprint density at radius 3 is 2.89 bits per heavy atom. The normalized spacial score (nSPS) is 14.1. The fourth-order valence-electron chi connectivity index (χ4n) is 1.48. The highest BCUT2D eigenvalue weighted by molar-refractivity contribution is 5.84. The summed E-state index contributed by atoms with van der Waals surface area (Å²) >= 11 is 0. The van der Waals surface area contributed by atoms with Gasteiger partial charge in [-0.3, -0.25) is 9.78 Å². The molecule has 94 valence electrons. The van der Waals surface area contributed by atoms with E-state index in [0.717, 1.165) is 5.39 Å². The number of fused-ring (bicyclic) bond motifs is 1. The second kappa shape index (κ2) is 4.62. The molecule has 1 unspecified atom stereocenters. The molecule has 1 heterocycles. The quantitative estimate of drug-likeness (QED) is 0.852. The average Bonchev–Trinajstić information content (AvgIpc) is 2.36. The summed E-state index contributed by atoms with van der Waals surface area (Å²) in [4.78, 5) is 15.1. The lowest BCUT2D eigenvalue weighted by Crippen LogP contribution is -2.49. The maximum absolute atomic E-state index is 10.9. The largest absolute Gasteiger partial charge is 0.489 e. The Bertz CT molecular complexity index is 576. The van der Waals surface area contributed by atoms with E-state index in [0.29, 0.717) is 11.3 Å². The van der Waals surface area contributed by atoms with Crippen LogP contribution in [-0.4, -0.2) is 28.2 Å². The zero-order valence-electron chi connectivity index (χ0n) is 9.96. The summed E-state index contributed by atoms with van der Waals surface area (Å²) in [5.74, 6) is -0.568. The minimum absolute atomic E-state index is 0.113. The molecule has 5 nitrogen and oxygen atoms in total. The number of aromatic nitrogens is 1. The first kappa shape index (κ1) is 12.3. The highest BCUT2D eigenvalue weighted by Gasteiger charge is 2.29. The number of pyridine rings is 1. The summed E-state index contributed by atoms with van der Waals surface area (Å²) in [6, 6.07) is 9.22.